The Morgan fingerprint density at radius 2 is 1.64 bits per heavy atom. The zero-order valence-corrected chi connectivity index (χ0v) is 23.2. The number of imidazole rings is 1. The molecule has 5 N–H and O–H groups in total. The molecule has 3 rings (SSSR count). The molecule has 2 aromatic heterocycles. The first-order valence-electron chi connectivity index (χ1n) is 11.9. The highest BCUT2D eigenvalue weighted by Crippen LogP contribution is 2.47. The summed E-state index contributed by atoms with van der Waals surface area (Å²) in [6, 6.07) is -0.878. The molecule has 0 aliphatic carbocycles. The highest BCUT2D eigenvalue weighted by atomic mass is 31.2. The van der Waals surface area contributed by atoms with Crippen LogP contribution in [0, 0.1) is 0 Å². The van der Waals surface area contributed by atoms with Gasteiger partial charge in [-0.05, 0) is 31.5 Å². The second-order valence-electron chi connectivity index (χ2n) is 9.66. The van der Waals surface area contributed by atoms with Crippen LogP contribution in [-0.4, -0.2) is 67.3 Å². The number of benzene rings is 1. The van der Waals surface area contributed by atoms with Gasteiger partial charge in [-0.15, -0.1) is 13.2 Å². The van der Waals surface area contributed by atoms with Crippen LogP contribution < -0.4 is 20.6 Å². The maximum absolute atomic E-state index is 14.1. The highest BCUT2D eigenvalue weighted by molar-refractivity contribution is 7.59. The minimum absolute atomic E-state index is 0.0645. The normalized spacial score (nSPS) is 16.0. The minimum Gasteiger partial charge on any atom is -0.480 e. The first-order chi connectivity index (χ1) is 20.0. The van der Waals surface area contributed by atoms with Gasteiger partial charge in [0, 0.05) is 0 Å². The van der Waals surface area contributed by atoms with Crippen LogP contribution in [0.4, 0.5) is 45.3 Å². The van der Waals surface area contributed by atoms with E-state index in [9.17, 15) is 54.0 Å². The lowest BCUT2D eigenvalue weighted by atomic mass is 10.1. The summed E-state index contributed by atoms with van der Waals surface area (Å²) in [4.78, 5) is 22.9. The number of carboxylic acid groups (broad SMARTS) is 1. The number of nitrogens with one attached hydrogen (secondary N) is 2. The molecule has 3 atom stereocenters. The smallest absolute Gasteiger partial charge is 0.480 e. The molecule has 0 amide bonds. The summed E-state index contributed by atoms with van der Waals surface area (Å²) in [5, 5.41) is 13.0. The van der Waals surface area contributed by atoms with Crippen LogP contribution in [0.5, 0.6) is 5.75 Å². The van der Waals surface area contributed by atoms with Gasteiger partial charge >= 0.3 is 24.7 Å². The number of alkyl halides is 9. The number of nitrogens with two attached hydrogens (primary N) is 1. The largest absolute Gasteiger partial charge is 0.573 e. The summed E-state index contributed by atoms with van der Waals surface area (Å²) >= 11 is 0. The predicted molar refractivity (Wildman–Crippen MR) is 133 cm³/mol. The molecule has 0 saturated carbocycles. The molecule has 0 spiro atoms. The van der Waals surface area contributed by atoms with E-state index in [0.29, 0.717) is 24.3 Å². The lowest BCUT2D eigenvalue weighted by molar-refractivity contribution is -0.274. The third-order valence-corrected chi connectivity index (χ3v) is 7.83. The Labute approximate surface area is 241 Å². The average Bonchev–Trinajstić information content (AvgIpc) is 3.27. The van der Waals surface area contributed by atoms with Crippen molar-refractivity contribution in [3.05, 3.63) is 42.5 Å². The molecule has 0 radical (unpaired) electrons. The molecule has 0 aliphatic heterocycles. The second-order valence-corrected chi connectivity index (χ2v) is 11.9. The maximum atomic E-state index is 14.1. The summed E-state index contributed by atoms with van der Waals surface area (Å²) in [6.07, 6.45) is -18.4. The van der Waals surface area contributed by atoms with Crippen LogP contribution in [0.15, 0.2) is 36.9 Å². The first-order valence-corrected chi connectivity index (χ1v) is 13.8. The molecule has 1 aromatic carbocycles. The van der Waals surface area contributed by atoms with Gasteiger partial charge in [-0.1, -0.05) is 12.1 Å². The van der Waals surface area contributed by atoms with E-state index < -0.39 is 74.0 Å². The summed E-state index contributed by atoms with van der Waals surface area (Å²) in [5.74, 6) is -2.81. The number of anilines is 1. The van der Waals surface area contributed by atoms with Gasteiger partial charge in [0.05, 0.1) is 12.9 Å². The van der Waals surface area contributed by atoms with Crippen molar-refractivity contribution in [1.29, 1.82) is 0 Å². The van der Waals surface area contributed by atoms with E-state index in [2.05, 4.69) is 19.7 Å². The van der Waals surface area contributed by atoms with E-state index in [-0.39, 0.29) is 17.0 Å². The second kappa shape index (κ2) is 12.4. The Morgan fingerprint density at radius 3 is 2.16 bits per heavy atom. The van der Waals surface area contributed by atoms with E-state index in [1.54, 1.807) is 5.09 Å². The van der Waals surface area contributed by atoms with Crippen LogP contribution in [0.2, 0.25) is 0 Å². The molecular formula is C22H23F9N7O5P. The van der Waals surface area contributed by atoms with Gasteiger partial charge in [-0.2, -0.15) is 26.3 Å². The van der Waals surface area contributed by atoms with E-state index in [1.807, 2.05) is 5.09 Å². The van der Waals surface area contributed by atoms with Crippen molar-refractivity contribution in [3.63, 3.8) is 0 Å². The molecule has 44 heavy (non-hydrogen) atoms. The number of nitrogens with zero attached hydrogens (tertiary/aromatic N) is 4. The summed E-state index contributed by atoms with van der Waals surface area (Å²) < 4.78 is 145. The minimum atomic E-state index is -5.35. The number of halogens is 9. The Bertz CT molecular complexity index is 1510. The van der Waals surface area contributed by atoms with Crippen LogP contribution in [0.1, 0.15) is 25.5 Å². The molecule has 0 bridgehead atoms. The fourth-order valence-electron chi connectivity index (χ4n) is 3.67. The van der Waals surface area contributed by atoms with Gasteiger partial charge in [0.15, 0.2) is 17.6 Å². The molecule has 12 nitrogen and oxygen atoms in total. The van der Waals surface area contributed by atoms with Gasteiger partial charge in [0.25, 0.3) is 0 Å². The number of carboxylic acids is 1. The van der Waals surface area contributed by atoms with Gasteiger partial charge in [0.2, 0.25) is 7.44 Å². The molecule has 244 valence electrons. The van der Waals surface area contributed by atoms with Crippen LogP contribution in [-0.2, 0) is 20.6 Å². The van der Waals surface area contributed by atoms with Crippen LogP contribution in [0.25, 0.3) is 11.2 Å². The third-order valence-electron chi connectivity index (χ3n) is 5.72. The van der Waals surface area contributed by atoms with Gasteiger partial charge < -0.3 is 24.9 Å². The van der Waals surface area contributed by atoms with Gasteiger partial charge in [-0.3, -0.25) is 9.36 Å². The molecule has 0 unspecified atom stereocenters. The highest BCUT2D eigenvalue weighted by Gasteiger charge is 2.48. The molecular weight excluding hydrogens is 644 g/mol. The van der Waals surface area contributed by atoms with Crippen molar-refractivity contribution in [2.75, 3.05) is 12.1 Å². The zero-order chi connectivity index (χ0) is 33.3. The van der Waals surface area contributed by atoms with Crippen LogP contribution in [0.3, 0.4) is 0 Å². The maximum Gasteiger partial charge on any atom is 0.573 e. The third kappa shape index (κ3) is 8.93. The number of hydrogen-bond donors (Lipinski definition) is 4. The fourth-order valence-corrected chi connectivity index (χ4v) is 5.97. The first kappa shape index (κ1) is 34.8. The van der Waals surface area contributed by atoms with E-state index in [1.165, 1.54) is 0 Å². The fraction of sp³-hybridized carbons (Fsp3) is 0.455. The topological polar surface area (TPSA) is 167 Å². The Hall–Kier alpha value is -3.68. The lowest BCUT2D eigenvalue weighted by Gasteiger charge is -2.34. The molecule has 22 heteroatoms. The Balaban J connectivity index is 1.96. The van der Waals surface area contributed by atoms with Crippen molar-refractivity contribution in [2.24, 2.45) is 0 Å². The number of carbonyl (C=O) groups is 1. The monoisotopic (exact) mass is 667 g/mol. The van der Waals surface area contributed by atoms with Crippen molar-refractivity contribution < 1.29 is 63.5 Å². The molecule has 0 fully saturated rings. The van der Waals surface area contributed by atoms with Crippen LogP contribution >= 0.6 is 7.44 Å². The SMILES string of the molecule is CC(C)(N[P@](=O)(CO[C@H](Cn1cnc2c(N)ncnc21)C(F)(F)F)N[C@H](c1ccc(OC(F)(F)F)cc1)C(F)(F)F)C(=O)O. The molecule has 0 aliphatic rings. The number of fused-ring (bicyclic) bond motifs is 1. The Kier molecular flexibility index (Phi) is 9.79. The van der Waals surface area contributed by atoms with E-state index in [0.717, 1.165) is 31.1 Å². The van der Waals surface area contributed by atoms with Crippen molar-refractivity contribution >= 4 is 30.4 Å². The van der Waals surface area contributed by atoms with Crippen molar-refractivity contribution in [3.8, 4) is 5.75 Å². The van der Waals surface area contributed by atoms with E-state index in [4.69, 9.17) is 10.5 Å². The Morgan fingerprint density at radius 1 is 1.02 bits per heavy atom. The number of hydrogen-bond acceptors (Lipinski definition) is 8. The summed E-state index contributed by atoms with van der Waals surface area (Å²) in [7, 11) is -5.13. The summed E-state index contributed by atoms with van der Waals surface area (Å²) in [6.45, 7) is 0.652. The lowest BCUT2D eigenvalue weighted by Crippen LogP contribution is -2.49. The molecule has 0 saturated heterocycles. The summed E-state index contributed by atoms with van der Waals surface area (Å²) in [5.41, 5.74) is 2.28. The number of aromatic nitrogens is 4. The number of nitrogen functional groups attached to an aromatic ring is 1. The number of aliphatic carboxylic acids is 1. The van der Waals surface area contributed by atoms with Gasteiger partial charge in [0.1, 0.15) is 35.5 Å². The number of rotatable bonds is 12. The molecule has 2 heterocycles. The molecule has 3 aromatic rings. The standard InChI is InChI=1S/C22H23F9N7O5P/c1-19(2,18(39)40)37-44(41,36-15(21(26,27)28)11-3-5-12(6-4-11)43-22(29,30)31)10-42-13(20(23,24)25)7-38-9-35-14-16(32)33-8-34-17(14)38/h3-6,8-9,13,15H,7,10H2,1-2H3,(H,39,40)(H2,32,33,34)(H2,36,37,41)/t13-,15-,44+/m1/s1. The zero-order valence-electron chi connectivity index (χ0n) is 22.3. The van der Waals surface area contributed by atoms with Crippen molar-refractivity contribution in [1.82, 2.24) is 29.7 Å². The van der Waals surface area contributed by atoms with E-state index >= 15 is 0 Å². The quantitative estimate of drug-likeness (QED) is 0.156. The number of ether oxygens (including phenoxy) is 2. The van der Waals surface area contributed by atoms with Gasteiger partial charge in [-0.25, -0.2) is 25.1 Å². The predicted octanol–water partition coefficient (Wildman–Crippen LogP) is 4.75. The van der Waals surface area contributed by atoms with Crippen molar-refractivity contribution in [2.45, 2.75) is 56.8 Å². The average molecular weight is 667 g/mol.